The normalized spacial score (nSPS) is 11.1. The van der Waals surface area contributed by atoms with E-state index in [1.165, 1.54) is 6.92 Å². The van der Waals surface area contributed by atoms with Gasteiger partial charge in [-0.1, -0.05) is 22.9 Å². The Bertz CT molecular complexity index is 451. The summed E-state index contributed by atoms with van der Waals surface area (Å²) in [6.45, 7) is 6.64. The Morgan fingerprint density at radius 2 is 2.00 bits per heavy atom. The summed E-state index contributed by atoms with van der Waals surface area (Å²) in [5.74, 6) is -0.190. The van der Waals surface area contributed by atoms with Gasteiger partial charge in [0.25, 0.3) is 0 Å². The molecule has 1 aromatic heterocycles. The minimum atomic E-state index is -0.627. The maximum atomic E-state index is 11.4. The molecule has 1 N–H and O–H groups in total. The van der Waals surface area contributed by atoms with Crippen molar-refractivity contribution in [3.05, 3.63) is 10.0 Å². The molecule has 17 heavy (non-hydrogen) atoms. The molecule has 1 heterocycles. The van der Waals surface area contributed by atoms with Gasteiger partial charge in [0, 0.05) is 6.92 Å². The molecule has 1 aromatic rings. The zero-order chi connectivity index (χ0) is 13.2. The van der Waals surface area contributed by atoms with Crippen molar-refractivity contribution >= 4 is 39.9 Å². The topological polar surface area (TPSA) is 68.3 Å². The van der Waals surface area contributed by atoms with Gasteiger partial charge in [-0.05, 0) is 20.8 Å². The van der Waals surface area contributed by atoms with Crippen LogP contribution in [0, 0.1) is 0 Å². The van der Waals surface area contributed by atoms with Crippen LogP contribution in [0.5, 0.6) is 0 Å². The number of carbonyl (C=O) groups excluding carboxylic acids is 2. The lowest BCUT2D eigenvalue weighted by molar-refractivity contribution is 0.0635. The number of nitrogens with zero attached hydrogens (tertiary/aromatic N) is 1. The van der Waals surface area contributed by atoms with E-state index in [1.54, 1.807) is 20.8 Å². The highest BCUT2D eigenvalue weighted by Crippen LogP contribution is 2.27. The Balaban J connectivity index is 2.73. The van der Waals surface area contributed by atoms with Crippen molar-refractivity contribution in [1.82, 2.24) is 4.98 Å². The summed E-state index contributed by atoms with van der Waals surface area (Å²) in [5, 5.41) is 2.76. The van der Waals surface area contributed by atoms with Crippen LogP contribution in [-0.2, 0) is 4.74 Å². The number of hydrogen-bond acceptors (Lipinski definition) is 5. The first-order chi connectivity index (χ1) is 7.69. The summed E-state index contributed by atoms with van der Waals surface area (Å²) < 4.78 is 5.04. The zero-order valence-corrected chi connectivity index (χ0v) is 11.5. The van der Waals surface area contributed by atoms with Crippen molar-refractivity contribution in [1.29, 1.82) is 0 Å². The van der Waals surface area contributed by atoms with Gasteiger partial charge in [-0.15, -0.1) is 0 Å². The van der Waals surface area contributed by atoms with E-state index in [0.717, 1.165) is 11.3 Å². The van der Waals surface area contributed by atoms with Crippen LogP contribution >= 0.6 is 22.9 Å². The first kappa shape index (κ1) is 13.9. The first-order valence-electron chi connectivity index (χ1n) is 4.86. The van der Waals surface area contributed by atoms with E-state index in [1.807, 2.05) is 0 Å². The smallest absolute Gasteiger partial charge is 0.413 e. The maximum absolute atomic E-state index is 11.4. The predicted octanol–water partition coefficient (Wildman–Crippen LogP) is 3.35. The van der Waals surface area contributed by atoms with Crippen LogP contribution in [0.3, 0.4) is 0 Å². The molecule has 1 rings (SSSR count). The van der Waals surface area contributed by atoms with Crippen molar-refractivity contribution in [2.75, 3.05) is 5.32 Å². The highest BCUT2D eigenvalue weighted by atomic mass is 35.5. The standard InChI is InChI=1S/C10H13ClN2O3S/c1-5(14)6-7(11)12-8(17-6)13-9(15)16-10(2,3)4/h1-4H3,(H,12,13,15). The Labute approximate surface area is 108 Å². The minimum absolute atomic E-state index is 0.0913. The number of anilines is 1. The van der Waals surface area contributed by atoms with Crippen molar-refractivity contribution in [3.8, 4) is 0 Å². The number of rotatable bonds is 2. The Morgan fingerprint density at radius 3 is 2.41 bits per heavy atom. The highest BCUT2D eigenvalue weighted by Gasteiger charge is 2.19. The van der Waals surface area contributed by atoms with Gasteiger partial charge in [-0.25, -0.2) is 9.78 Å². The molecule has 0 aliphatic carbocycles. The van der Waals surface area contributed by atoms with E-state index in [9.17, 15) is 9.59 Å². The highest BCUT2D eigenvalue weighted by molar-refractivity contribution is 7.18. The van der Waals surface area contributed by atoms with E-state index in [2.05, 4.69) is 10.3 Å². The van der Waals surface area contributed by atoms with Gasteiger partial charge in [0.05, 0.1) is 0 Å². The quantitative estimate of drug-likeness (QED) is 0.841. The number of halogens is 1. The summed E-state index contributed by atoms with van der Waals surface area (Å²) >= 11 is 6.76. The van der Waals surface area contributed by atoms with Crippen LogP contribution < -0.4 is 5.32 Å². The van der Waals surface area contributed by atoms with E-state index < -0.39 is 11.7 Å². The lowest BCUT2D eigenvalue weighted by Gasteiger charge is -2.18. The van der Waals surface area contributed by atoms with Crippen LogP contribution in [0.1, 0.15) is 37.4 Å². The summed E-state index contributed by atoms with van der Waals surface area (Å²) in [6, 6.07) is 0. The van der Waals surface area contributed by atoms with E-state index >= 15 is 0 Å². The van der Waals surface area contributed by atoms with Crippen LogP contribution in [0.25, 0.3) is 0 Å². The monoisotopic (exact) mass is 276 g/mol. The average Bonchev–Trinajstić information content (AvgIpc) is 2.42. The number of ketones is 1. The van der Waals surface area contributed by atoms with Gasteiger partial charge in [-0.2, -0.15) is 0 Å². The molecule has 1 amide bonds. The number of ether oxygens (including phenoxy) is 1. The summed E-state index contributed by atoms with van der Waals surface area (Å²) in [4.78, 5) is 26.7. The number of nitrogens with one attached hydrogen (secondary N) is 1. The Morgan fingerprint density at radius 1 is 1.41 bits per heavy atom. The second kappa shape index (κ2) is 5.01. The molecule has 94 valence electrons. The molecule has 0 radical (unpaired) electrons. The molecule has 0 bridgehead atoms. The number of amides is 1. The Kier molecular flexibility index (Phi) is 4.11. The van der Waals surface area contributed by atoms with E-state index in [0.29, 0.717) is 4.88 Å². The molecule has 0 atom stereocenters. The molecule has 0 fully saturated rings. The van der Waals surface area contributed by atoms with Gasteiger partial charge in [0.15, 0.2) is 16.1 Å². The molecule has 5 nitrogen and oxygen atoms in total. The second-order valence-corrected chi connectivity index (χ2v) is 5.68. The van der Waals surface area contributed by atoms with E-state index in [-0.39, 0.29) is 16.1 Å². The molecule has 0 saturated heterocycles. The molecule has 0 unspecified atom stereocenters. The number of hydrogen-bond donors (Lipinski definition) is 1. The van der Waals surface area contributed by atoms with Crippen molar-refractivity contribution in [2.45, 2.75) is 33.3 Å². The molecule has 0 aliphatic heterocycles. The molecule has 0 spiro atoms. The Hall–Kier alpha value is -1.14. The van der Waals surface area contributed by atoms with Crippen molar-refractivity contribution in [3.63, 3.8) is 0 Å². The summed E-state index contributed by atoms with van der Waals surface area (Å²) in [7, 11) is 0. The number of carbonyl (C=O) groups is 2. The summed E-state index contributed by atoms with van der Waals surface area (Å²) in [5.41, 5.74) is -0.589. The maximum Gasteiger partial charge on any atom is 0.413 e. The second-order valence-electron chi connectivity index (χ2n) is 4.32. The molecule has 0 aliphatic rings. The molecule has 0 saturated carbocycles. The lowest BCUT2D eigenvalue weighted by Crippen LogP contribution is -2.27. The van der Waals surface area contributed by atoms with Gasteiger partial charge < -0.3 is 4.74 Å². The fourth-order valence-corrected chi connectivity index (χ4v) is 2.08. The minimum Gasteiger partial charge on any atom is -0.444 e. The average molecular weight is 277 g/mol. The molecular formula is C10H13ClN2O3S. The van der Waals surface area contributed by atoms with Crippen LogP contribution in [0.15, 0.2) is 0 Å². The third-order valence-electron chi connectivity index (χ3n) is 1.51. The van der Waals surface area contributed by atoms with Crippen molar-refractivity contribution in [2.24, 2.45) is 0 Å². The summed E-state index contributed by atoms with van der Waals surface area (Å²) in [6.07, 6.45) is -0.627. The number of Topliss-reactive ketones (excluding diaryl/α,β-unsaturated/α-hetero) is 1. The number of aromatic nitrogens is 1. The zero-order valence-electron chi connectivity index (χ0n) is 9.96. The number of thiazole rings is 1. The molecule has 7 heteroatoms. The first-order valence-corrected chi connectivity index (χ1v) is 6.06. The van der Waals surface area contributed by atoms with Gasteiger partial charge in [0.1, 0.15) is 10.5 Å². The third-order valence-corrected chi connectivity index (χ3v) is 2.97. The van der Waals surface area contributed by atoms with Gasteiger partial charge >= 0.3 is 6.09 Å². The third kappa shape index (κ3) is 4.32. The van der Waals surface area contributed by atoms with Crippen LogP contribution in [-0.4, -0.2) is 22.5 Å². The molecule has 0 aromatic carbocycles. The van der Waals surface area contributed by atoms with Gasteiger partial charge in [0.2, 0.25) is 0 Å². The SMILES string of the molecule is CC(=O)c1sc(NC(=O)OC(C)(C)C)nc1Cl. The predicted molar refractivity (Wildman–Crippen MR) is 67.0 cm³/mol. The van der Waals surface area contributed by atoms with Gasteiger partial charge in [-0.3, -0.25) is 10.1 Å². The van der Waals surface area contributed by atoms with Crippen molar-refractivity contribution < 1.29 is 14.3 Å². The molecular weight excluding hydrogens is 264 g/mol. The van der Waals surface area contributed by atoms with Crippen LogP contribution in [0.2, 0.25) is 5.15 Å². The fourth-order valence-electron chi connectivity index (χ4n) is 0.963. The largest absolute Gasteiger partial charge is 0.444 e. The fraction of sp³-hybridized carbons (Fsp3) is 0.500. The lowest BCUT2D eigenvalue weighted by atomic mass is 10.2. The van der Waals surface area contributed by atoms with E-state index in [4.69, 9.17) is 16.3 Å². The van der Waals surface area contributed by atoms with Crippen LogP contribution in [0.4, 0.5) is 9.93 Å².